The first-order valence-electron chi connectivity index (χ1n) is 11.3. The molecule has 37 heavy (non-hydrogen) atoms. The van der Waals surface area contributed by atoms with E-state index in [1.807, 2.05) is 13.8 Å². The molecule has 2 aromatic carbocycles. The van der Waals surface area contributed by atoms with Gasteiger partial charge in [0.15, 0.2) is 17.3 Å². The van der Waals surface area contributed by atoms with Gasteiger partial charge in [-0.15, -0.1) is 5.10 Å². The maximum Gasteiger partial charge on any atom is 0.453 e. The molecule has 0 aliphatic rings. The summed E-state index contributed by atoms with van der Waals surface area (Å²) in [6.07, 6.45) is -3.16. The van der Waals surface area contributed by atoms with Gasteiger partial charge >= 0.3 is 11.9 Å². The van der Waals surface area contributed by atoms with Crippen LogP contribution in [0.5, 0.6) is 0 Å². The number of alkyl halides is 3. The Kier molecular flexibility index (Phi) is 5.89. The van der Waals surface area contributed by atoms with Crippen molar-refractivity contribution in [2.45, 2.75) is 32.5 Å². The molecule has 0 spiro atoms. The fourth-order valence-corrected chi connectivity index (χ4v) is 4.24. The molecule has 0 radical (unpaired) electrons. The molecule has 0 atom stereocenters. The number of nitrogens with one attached hydrogen (secondary N) is 1. The first kappa shape index (κ1) is 24.3. The summed E-state index contributed by atoms with van der Waals surface area (Å²) in [5.74, 6) is -1.32. The van der Waals surface area contributed by atoms with Crippen LogP contribution in [0.4, 0.5) is 17.6 Å². The van der Waals surface area contributed by atoms with Crippen LogP contribution in [0.15, 0.2) is 53.5 Å². The highest BCUT2D eigenvalue weighted by atomic mass is 19.4. The van der Waals surface area contributed by atoms with Crippen molar-refractivity contribution >= 4 is 11.2 Å². The Labute approximate surface area is 207 Å². The Morgan fingerprint density at radius 3 is 2.43 bits per heavy atom. The maximum absolute atomic E-state index is 14.5. The summed E-state index contributed by atoms with van der Waals surface area (Å²) in [6, 6.07) is 11.3. The van der Waals surface area contributed by atoms with E-state index in [-0.39, 0.29) is 24.1 Å². The van der Waals surface area contributed by atoms with Crippen molar-refractivity contribution in [3.05, 3.63) is 81.9 Å². The molecule has 0 fully saturated rings. The Balaban J connectivity index is 1.49. The van der Waals surface area contributed by atoms with E-state index in [1.165, 1.54) is 23.9 Å². The molecule has 5 aromatic rings. The van der Waals surface area contributed by atoms with Crippen molar-refractivity contribution < 1.29 is 17.6 Å². The lowest BCUT2D eigenvalue weighted by atomic mass is 9.96. The van der Waals surface area contributed by atoms with Gasteiger partial charge in [-0.1, -0.05) is 50.2 Å². The number of fused-ring (bicyclic) bond motifs is 1. The van der Waals surface area contributed by atoms with Gasteiger partial charge in [0, 0.05) is 23.7 Å². The predicted molar refractivity (Wildman–Crippen MR) is 128 cm³/mol. The normalized spacial score (nSPS) is 12.1. The van der Waals surface area contributed by atoms with Crippen LogP contribution in [0.2, 0.25) is 0 Å². The third kappa shape index (κ3) is 4.50. The second-order valence-electron chi connectivity index (χ2n) is 8.88. The Morgan fingerprint density at radius 2 is 1.78 bits per heavy atom. The molecule has 0 bridgehead atoms. The average Bonchev–Trinajstić information content (AvgIpc) is 3.38. The van der Waals surface area contributed by atoms with Crippen molar-refractivity contribution in [3.63, 3.8) is 0 Å². The van der Waals surface area contributed by atoms with Crippen LogP contribution in [0.3, 0.4) is 0 Å². The summed E-state index contributed by atoms with van der Waals surface area (Å²) in [7, 11) is 1.39. The third-order valence-electron chi connectivity index (χ3n) is 5.95. The molecule has 0 amide bonds. The lowest BCUT2D eigenvalue weighted by Gasteiger charge is -2.13. The van der Waals surface area contributed by atoms with E-state index in [0.717, 1.165) is 4.68 Å². The molecule has 0 aliphatic heterocycles. The van der Waals surface area contributed by atoms with E-state index >= 15 is 0 Å². The Hall–Kier alpha value is -4.35. The molecule has 1 N–H and O–H groups in total. The smallest absolute Gasteiger partial charge is 0.303 e. The van der Waals surface area contributed by atoms with Gasteiger partial charge in [-0.3, -0.25) is 4.57 Å². The molecule has 3 heterocycles. The van der Waals surface area contributed by atoms with Crippen molar-refractivity contribution in [1.82, 2.24) is 34.3 Å². The zero-order valence-electron chi connectivity index (χ0n) is 20.0. The van der Waals surface area contributed by atoms with Crippen LogP contribution in [0, 0.1) is 5.82 Å². The molecular formula is C25H21F4N7O. The molecule has 0 saturated heterocycles. The Morgan fingerprint density at radius 1 is 1.05 bits per heavy atom. The van der Waals surface area contributed by atoms with Crippen molar-refractivity contribution in [2.75, 3.05) is 0 Å². The number of halogens is 4. The molecule has 8 nitrogen and oxygen atoms in total. The molecular weight excluding hydrogens is 490 g/mol. The number of benzene rings is 2. The van der Waals surface area contributed by atoms with Gasteiger partial charge in [-0.2, -0.15) is 13.2 Å². The monoisotopic (exact) mass is 511 g/mol. The van der Waals surface area contributed by atoms with E-state index in [1.54, 1.807) is 36.4 Å². The van der Waals surface area contributed by atoms with Crippen LogP contribution in [-0.4, -0.2) is 34.3 Å². The van der Waals surface area contributed by atoms with Gasteiger partial charge in [-0.25, -0.2) is 28.8 Å². The maximum atomic E-state index is 14.5. The molecule has 0 saturated carbocycles. The number of aromatic amines is 1. The van der Waals surface area contributed by atoms with Crippen molar-refractivity contribution in [3.8, 4) is 22.8 Å². The largest absolute Gasteiger partial charge is 0.453 e. The zero-order chi connectivity index (χ0) is 26.5. The number of rotatable bonds is 5. The summed E-state index contributed by atoms with van der Waals surface area (Å²) in [6.45, 7) is 3.89. The zero-order valence-corrected chi connectivity index (χ0v) is 20.0. The van der Waals surface area contributed by atoms with E-state index in [9.17, 15) is 22.4 Å². The van der Waals surface area contributed by atoms with Gasteiger partial charge in [-0.05, 0) is 17.5 Å². The van der Waals surface area contributed by atoms with Crippen LogP contribution in [0.1, 0.15) is 36.7 Å². The highest BCUT2D eigenvalue weighted by Gasteiger charge is 2.36. The van der Waals surface area contributed by atoms with Gasteiger partial charge in [0.2, 0.25) is 0 Å². The van der Waals surface area contributed by atoms with Gasteiger partial charge in [0.25, 0.3) is 5.82 Å². The quantitative estimate of drug-likeness (QED) is 0.339. The van der Waals surface area contributed by atoms with E-state index in [4.69, 9.17) is 0 Å². The number of aryl methyl sites for hydroxylation is 1. The number of H-pyrrole nitrogens is 1. The number of hydrogen-bond acceptors (Lipinski definition) is 5. The van der Waals surface area contributed by atoms with Gasteiger partial charge < -0.3 is 4.98 Å². The lowest BCUT2D eigenvalue weighted by molar-refractivity contribution is -0.144. The third-order valence-corrected chi connectivity index (χ3v) is 5.95. The molecule has 5 rings (SSSR count). The average molecular weight is 511 g/mol. The van der Waals surface area contributed by atoms with Crippen molar-refractivity contribution in [2.24, 2.45) is 7.05 Å². The van der Waals surface area contributed by atoms with E-state index in [2.05, 4.69) is 25.0 Å². The fourth-order valence-electron chi connectivity index (χ4n) is 4.24. The number of hydrogen-bond donors (Lipinski definition) is 1. The van der Waals surface area contributed by atoms with Gasteiger partial charge in [0.1, 0.15) is 11.3 Å². The number of imidazole rings is 1. The fraction of sp³-hybridized carbons (Fsp3) is 0.240. The first-order chi connectivity index (χ1) is 17.5. The van der Waals surface area contributed by atoms with E-state index in [0.29, 0.717) is 39.2 Å². The van der Waals surface area contributed by atoms with Crippen molar-refractivity contribution in [1.29, 1.82) is 0 Å². The lowest BCUT2D eigenvalue weighted by Crippen LogP contribution is -2.17. The summed E-state index contributed by atoms with van der Waals surface area (Å²) in [5.41, 5.74) is 2.55. The second kappa shape index (κ2) is 8.95. The van der Waals surface area contributed by atoms with E-state index < -0.39 is 17.7 Å². The molecule has 190 valence electrons. The minimum Gasteiger partial charge on any atom is -0.303 e. The summed E-state index contributed by atoms with van der Waals surface area (Å²) >= 11 is 0. The van der Waals surface area contributed by atoms with Crippen LogP contribution >= 0.6 is 0 Å². The first-order valence-corrected chi connectivity index (χ1v) is 11.3. The second-order valence-corrected chi connectivity index (χ2v) is 8.88. The molecule has 0 aliphatic carbocycles. The SMILES string of the molecule is CC(C)c1c(F)cccc1-c1ncc2[nH]c(=O)n(Cc3ccc(-c4nc(C(F)(F)F)nn4C)cc3)c2n1. The highest BCUT2D eigenvalue weighted by molar-refractivity contribution is 5.74. The predicted octanol–water partition coefficient (Wildman–Crippen LogP) is 4.91. The minimum atomic E-state index is -4.64. The van der Waals surface area contributed by atoms with Crippen LogP contribution in [-0.2, 0) is 19.8 Å². The van der Waals surface area contributed by atoms with Gasteiger partial charge in [0.05, 0.1) is 12.7 Å². The summed E-state index contributed by atoms with van der Waals surface area (Å²) < 4.78 is 55.9. The topological polar surface area (TPSA) is 94.3 Å². The molecule has 12 heteroatoms. The molecule has 3 aromatic heterocycles. The Bertz CT molecular complexity index is 1660. The van der Waals surface area contributed by atoms with Crippen LogP contribution < -0.4 is 5.69 Å². The minimum absolute atomic E-state index is 0.0663. The summed E-state index contributed by atoms with van der Waals surface area (Å²) in [5, 5.41) is 3.44. The molecule has 0 unspecified atom stereocenters. The number of aromatic nitrogens is 7. The highest BCUT2D eigenvalue weighted by Crippen LogP contribution is 2.30. The summed E-state index contributed by atoms with van der Waals surface area (Å²) in [4.78, 5) is 27.9. The number of nitrogens with zero attached hydrogens (tertiary/aromatic N) is 6. The van der Waals surface area contributed by atoms with Crippen LogP contribution in [0.25, 0.3) is 33.9 Å². The standard InChI is InChI=1S/C25H21F4N7O/c1-13(2)19-16(5-4-6-17(19)26)20-30-11-18-22(32-20)36(24(37)31-18)12-14-7-9-15(10-8-14)21-33-23(25(27,28)29)34-35(21)3/h4-11,13H,12H2,1-3H3,(H,31,37).